The van der Waals surface area contributed by atoms with Gasteiger partial charge in [-0.15, -0.1) is 4.99 Å². The summed E-state index contributed by atoms with van der Waals surface area (Å²) in [5.41, 5.74) is 1.68. The Morgan fingerprint density at radius 1 is 1.20 bits per heavy atom. The number of aryl methyl sites for hydroxylation is 1. The van der Waals surface area contributed by atoms with Gasteiger partial charge in [0.15, 0.2) is 0 Å². The van der Waals surface area contributed by atoms with E-state index in [1.54, 1.807) is 31.2 Å². The molecule has 0 unspecified atom stereocenters. The average molecular weight is 345 g/mol. The Kier molecular flexibility index (Phi) is 6.05. The second-order valence-corrected chi connectivity index (χ2v) is 5.01. The fourth-order valence-corrected chi connectivity index (χ4v) is 1.93. The molecular weight excluding hydrogens is 329 g/mol. The maximum atomic E-state index is 13.1. The summed E-state index contributed by atoms with van der Waals surface area (Å²) in [5, 5.41) is 13.7. The smallest absolute Gasteiger partial charge is 0.434 e. The number of hydrogen-bond acceptors (Lipinski definition) is 3. The van der Waals surface area contributed by atoms with Crippen LogP contribution in [0.1, 0.15) is 11.1 Å². The number of anilines is 1. The Labute approximate surface area is 143 Å². The van der Waals surface area contributed by atoms with E-state index in [-0.39, 0.29) is 12.6 Å². The first-order valence-corrected chi connectivity index (χ1v) is 7.26. The third-order valence-corrected chi connectivity index (χ3v) is 3.08. The molecule has 0 aliphatic heterocycles. The van der Waals surface area contributed by atoms with Gasteiger partial charge >= 0.3 is 12.2 Å². The molecule has 0 saturated carbocycles. The average Bonchev–Trinajstić information content (AvgIpc) is 2.56. The lowest BCUT2D eigenvalue weighted by Gasteiger charge is -2.13. The number of nitrogens with one attached hydrogen (secondary N) is 2. The molecule has 2 aromatic rings. The molecule has 2 rings (SSSR count). The van der Waals surface area contributed by atoms with Crippen LogP contribution in [0, 0.1) is 12.7 Å². The highest BCUT2D eigenvalue weighted by Gasteiger charge is 2.11. The monoisotopic (exact) mass is 345 g/mol. The van der Waals surface area contributed by atoms with E-state index < -0.39 is 18.0 Å². The molecule has 0 fully saturated rings. The number of aliphatic imine (C=N–C) groups is 1. The Hall–Kier alpha value is -3.42. The first-order chi connectivity index (χ1) is 11.9. The number of halogens is 1. The van der Waals surface area contributed by atoms with E-state index in [0.717, 1.165) is 5.56 Å². The van der Waals surface area contributed by atoms with Gasteiger partial charge in [-0.1, -0.05) is 30.3 Å². The number of carboxylic acid groups (broad SMARTS) is 1. The molecule has 2 amide bonds. The maximum Gasteiger partial charge on any atom is 0.434 e. The summed E-state index contributed by atoms with van der Waals surface area (Å²) in [6.45, 7) is 1.64. The van der Waals surface area contributed by atoms with Gasteiger partial charge in [-0.25, -0.2) is 14.0 Å². The number of hydrogen-bond donors (Lipinski definition) is 3. The molecule has 0 aliphatic carbocycles. The van der Waals surface area contributed by atoms with Crippen molar-refractivity contribution in [3.05, 3.63) is 65.5 Å². The predicted octanol–water partition coefficient (Wildman–Crippen LogP) is 3.51. The quantitative estimate of drug-likeness (QED) is 0.584. The second-order valence-electron chi connectivity index (χ2n) is 5.01. The molecule has 0 spiro atoms. The summed E-state index contributed by atoms with van der Waals surface area (Å²) in [5.74, 6) is -0.782. The molecule has 0 aromatic heterocycles. The molecule has 0 radical (unpaired) electrons. The van der Waals surface area contributed by atoms with Crippen LogP contribution in [0.15, 0.2) is 53.5 Å². The highest BCUT2D eigenvalue weighted by molar-refractivity contribution is 6.06. The molecule has 7 nitrogen and oxygen atoms in total. The molecule has 0 heterocycles. The van der Waals surface area contributed by atoms with Crippen molar-refractivity contribution >= 4 is 23.8 Å². The predicted molar refractivity (Wildman–Crippen MR) is 90.0 cm³/mol. The minimum absolute atomic E-state index is 0.0165. The zero-order valence-corrected chi connectivity index (χ0v) is 13.3. The van der Waals surface area contributed by atoms with E-state index >= 15 is 0 Å². The third-order valence-electron chi connectivity index (χ3n) is 3.08. The standard InChI is InChI=1S/C17H16FN3O4/c1-11-9-13(18)7-8-14(11)19-15(20-16(22)23)21-17(24)25-10-12-5-3-2-4-6-12/h2-9H,10H2,1H3,(H,22,23)(H2,19,20,21,24). The minimum atomic E-state index is -1.51. The van der Waals surface area contributed by atoms with E-state index in [9.17, 15) is 14.0 Å². The van der Waals surface area contributed by atoms with Gasteiger partial charge in [-0.2, -0.15) is 0 Å². The van der Waals surface area contributed by atoms with Gasteiger partial charge in [0.2, 0.25) is 5.96 Å². The van der Waals surface area contributed by atoms with Crippen LogP contribution in [0.2, 0.25) is 0 Å². The number of ether oxygens (including phenoxy) is 1. The first kappa shape index (κ1) is 17.9. The van der Waals surface area contributed by atoms with Gasteiger partial charge in [0.05, 0.1) is 0 Å². The fraction of sp³-hybridized carbons (Fsp3) is 0.118. The summed E-state index contributed by atoms with van der Waals surface area (Å²) in [6.07, 6.45) is -2.39. The zero-order chi connectivity index (χ0) is 18.2. The molecule has 0 saturated heterocycles. The number of carbonyl (C=O) groups excluding carboxylic acids is 1. The molecule has 25 heavy (non-hydrogen) atoms. The van der Waals surface area contributed by atoms with Crippen LogP contribution in [-0.4, -0.2) is 23.3 Å². The van der Waals surface area contributed by atoms with Crippen molar-refractivity contribution in [3.8, 4) is 0 Å². The van der Waals surface area contributed by atoms with Crippen LogP contribution in [0.25, 0.3) is 0 Å². The van der Waals surface area contributed by atoms with E-state index in [1.807, 2.05) is 6.07 Å². The van der Waals surface area contributed by atoms with Crippen molar-refractivity contribution < 1.29 is 23.8 Å². The SMILES string of the molecule is Cc1cc(F)ccc1N/C(=N\C(=O)O)NC(=O)OCc1ccccc1. The molecular formula is C17H16FN3O4. The van der Waals surface area contributed by atoms with Crippen molar-refractivity contribution in [2.75, 3.05) is 5.32 Å². The Balaban J connectivity index is 2.02. The number of alkyl carbamates (subject to hydrolysis) is 1. The van der Waals surface area contributed by atoms with Crippen LogP contribution in [-0.2, 0) is 11.3 Å². The number of benzene rings is 2. The molecule has 130 valence electrons. The van der Waals surface area contributed by atoms with Crippen LogP contribution in [0.3, 0.4) is 0 Å². The number of amides is 2. The Morgan fingerprint density at radius 2 is 1.92 bits per heavy atom. The van der Waals surface area contributed by atoms with Crippen LogP contribution < -0.4 is 10.6 Å². The molecule has 0 atom stereocenters. The lowest BCUT2D eigenvalue weighted by molar-refractivity contribution is 0.145. The zero-order valence-electron chi connectivity index (χ0n) is 13.3. The van der Waals surface area contributed by atoms with Gasteiger partial charge in [0.25, 0.3) is 0 Å². The van der Waals surface area contributed by atoms with Gasteiger partial charge in [-0.05, 0) is 36.2 Å². The lowest BCUT2D eigenvalue weighted by Crippen LogP contribution is -2.37. The Morgan fingerprint density at radius 3 is 2.56 bits per heavy atom. The molecule has 0 bridgehead atoms. The molecule has 3 N–H and O–H groups in total. The fourth-order valence-electron chi connectivity index (χ4n) is 1.93. The summed E-state index contributed by atoms with van der Waals surface area (Å²) >= 11 is 0. The number of nitrogens with zero attached hydrogens (tertiary/aromatic N) is 1. The van der Waals surface area contributed by atoms with Crippen molar-refractivity contribution in [1.82, 2.24) is 5.32 Å². The molecule has 0 aliphatic rings. The second kappa shape index (κ2) is 8.44. The largest absolute Gasteiger partial charge is 0.463 e. The molecule has 2 aromatic carbocycles. The first-order valence-electron chi connectivity index (χ1n) is 7.26. The van der Waals surface area contributed by atoms with E-state index in [4.69, 9.17) is 9.84 Å². The van der Waals surface area contributed by atoms with Crippen molar-refractivity contribution in [3.63, 3.8) is 0 Å². The third kappa shape index (κ3) is 5.94. The highest BCUT2D eigenvalue weighted by atomic mass is 19.1. The van der Waals surface area contributed by atoms with Crippen molar-refractivity contribution in [2.45, 2.75) is 13.5 Å². The molecule has 8 heteroatoms. The topological polar surface area (TPSA) is 100 Å². The number of carbonyl (C=O) groups is 2. The van der Waals surface area contributed by atoms with E-state index in [1.165, 1.54) is 18.2 Å². The lowest BCUT2D eigenvalue weighted by atomic mass is 10.2. The van der Waals surface area contributed by atoms with Gasteiger partial charge in [-0.3, -0.25) is 5.32 Å². The van der Waals surface area contributed by atoms with Crippen molar-refractivity contribution in [1.29, 1.82) is 0 Å². The number of rotatable bonds is 3. The van der Waals surface area contributed by atoms with Crippen LogP contribution in [0.5, 0.6) is 0 Å². The maximum absolute atomic E-state index is 13.1. The van der Waals surface area contributed by atoms with Crippen molar-refractivity contribution in [2.24, 2.45) is 4.99 Å². The van der Waals surface area contributed by atoms with Gasteiger partial charge in [0.1, 0.15) is 12.4 Å². The van der Waals surface area contributed by atoms with Crippen LogP contribution >= 0.6 is 0 Å². The summed E-state index contributed by atoms with van der Waals surface area (Å²) in [4.78, 5) is 25.9. The number of guanidine groups is 1. The highest BCUT2D eigenvalue weighted by Crippen LogP contribution is 2.15. The normalized spacial score (nSPS) is 10.9. The Bertz CT molecular complexity index is 794. The van der Waals surface area contributed by atoms with E-state index in [2.05, 4.69) is 15.6 Å². The van der Waals surface area contributed by atoms with E-state index in [0.29, 0.717) is 11.3 Å². The summed E-state index contributed by atoms with van der Waals surface area (Å²) in [7, 11) is 0. The minimum Gasteiger partial charge on any atom is -0.463 e. The van der Waals surface area contributed by atoms with Gasteiger partial charge in [0, 0.05) is 5.69 Å². The summed E-state index contributed by atoms with van der Waals surface area (Å²) < 4.78 is 18.1. The van der Waals surface area contributed by atoms with Crippen LogP contribution in [0.4, 0.5) is 19.7 Å². The van der Waals surface area contributed by atoms with Gasteiger partial charge < -0.3 is 15.2 Å². The summed E-state index contributed by atoms with van der Waals surface area (Å²) in [6, 6.07) is 12.8.